The second kappa shape index (κ2) is 5.36. The van der Waals surface area contributed by atoms with Crippen molar-refractivity contribution in [2.45, 2.75) is 6.92 Å². The van der Waals surface area contributed by atoms with Crippen molar-refractivity contribution in [3.05, 3.63) is 53.1 Å². The number of nitrogens with one attached hydrogen (secondary N) is 1. The average molecular weight is 271 g/mol. The fourth-order valence-corrected chi connectivity index (χ4v) is 1.62. The van der Waals surface area contributed by atoms with E-state index in [9.17, 15) is 14.3 Å². The second-order valence-corrected chi connectivity index (χ2v) is 4.13. The number of benzene rings is 1. The number of hydrogen-bond donors (Lipinski definition) is 2. The summed E-state index contributed by atoms with van der Waals surface area (Å²) >= 11 is 0. The molecule has 1 aromatic heterocycles. The number of carbonyl (C=O) groups is 1. The molecule has 0 saturated carbocycles. The summed E-state index contributed by atoms with van der Waals surface area (Å²) in [7, 11) is 0. The van der Waals surface area contributed by atoms with Crippen LogP contribution in [0.2, 0.25) is 0 Å². The van der Waals surface area contributed by atoms with Gasteiger partial charge in [-0.3, -0.25) is 9.78 Å². The van der Waals surface area contributed by atoms with Crippen molar-refractivity contribution >= 4 is 11.6 Å². The molecule has 0 aliphatic rings. The van der Waals surface area contributed by atoms with Gasteiger partial charge in [-0.05, 0) is 25.1 Å². The lowest BCUT2D eigenvalue weighted by Gasteiger charge is -2.09. The smallest absolute Gasteiger partial charge is 0.257 e. The van der Waals surface area contributed by atoms with Crippen LogP contribution in [0.1, 0.15) is 21.5 Å². The highest BCUT2D eigenvalue weighted by atomic mass is 19.1. The summed E-state index contributed by atoms with van der Waals surface area (Å²) in [5.74, 6) is -1.27. The van der Waals surface area contributed by atoms with Crippen LogP contribution >= 0.6 is 0 Å². The molecule has 0 radical (unpaired) electrons. The Balaban J connectivity index is 2.33. The molecule has 2 aromatic rings. The Morgan fingerprint density at radius 3 is 2.80 bits per heavy atom. The van der Waals surface area contributed by atoms with E-state index in [-0.39, 0.29) is 28.1 Å². The van der Waals surface area contributed by atoms with E-state index < -0.39 is 11.7 Å². The molecule has 5 nitrogen and oxygen atoms in total. The lowest BCUT2D eigenvalue weighted by atomic mass is 10.1. The number of carbonyl (C=O) groups excluding carboxylic acids is 1. The molecule has 0 aliphatic carbocycles. The quantitative estimate of drug-likeness (QED) is 0.877. The minimum Gasteiger partial charge on any atom is -0.506 e. The van der Waals surface area contributed by atoms with E-state index in [2.05, 4.69) is 10.3 Å². The Morgan fingerprint density at radius 2 is 2.15 bits per heavy atom. The summed E-state index contributed by atoms with van der Waals surface area (Å²) in [4.78, 5) is 15.6. The molecule has 1 amide bonds. The molecule has 6 heteroatoms. The van der Waals surface area contributed by atoms with Gasteiger partial charge in [0.2, 0.25) is 0 Å². The molecule has 0 fully saturated rings. The van der Waals surface area contributed by atoms with Crippen LogP contribution in [-0.2, 0) is 0 Å². The van der Waals surface area contributed by atoms with E-state index in [1.54, 1.807) is 0 Å². The van der Waals surface area contributed by atoms with Crippen molar-refractivity contribution < 1.29 is 14.3 Å². The van der Waals surface area contributed by atoms with Gasteiger partial charge >= 0.3 is 0 Å². The van der Waals surface area contributed by atoms with Crippen molar-refractivity contribution in [3.8, 4) is 11.8 Å². The summed E-state index contributed by atoms with van der Waals surface area (Å²) in [6, 6.07) is 5.53. The van der Waals surface area contributed by atoms with E-state index in [4.69, 9.17) is 5.26 Å². The summed E-state index contributed by atoms with van der Waals surface area (Å²) in [6.07, 6.45) is 2.47. The van der Waals surface area contributed by atoms with Gasteiger partial charge in [-0.1, -0.05) is 0 Å². The molecule has 100 valence electrons. The maximum atomic E-state index is 13.6. The van der Waals surface area contributed by atoms with Gasteiger partial charge in [0, 0.05) is 17.4 Å². The van der Waals surface area contributed by atoms with Crippen LogP contribution in [0.4, 0.5) is 10.1 Å². The van der Waals surface area contributed by atoms with Gasteiger partial charge in [-0.25, -0.2) is 4.39 Å². The standard InChI is InChI=1S/C14H10FN3O2/c1-8-12(15)2-9(5-16)3-13(8)18-14(20)10-4-11(19)7-17-6-10/h2-4,6-7,19H,1H3,(H,18,20). The minimum atomic E-state index is -0.576. The molecule has 2 rings (SSSR count). The Morgan fingerprint density at radius 1 is 1.40 bits per heavy atom. The van der Waals surface area contributed by atoms with Gasteiger partial charge in [-0.15, -0.1) is 0 Å². The zero-order valence-electron chi connectivity index (χ0n) is 10.5. The highest BCUT2D eigenvalue weighted by molar-refractivity contribution is 6.04. The molecule has 1 heterocycles. The number of aromatic nitrogens is 1. The van der Waals surface area contributed by atoms with Crippen LogP contribution in [0.3, 0.4) is 0 Å². The van der Waals surface area contributed by atoms with Gasteiger partial charge in [0.1, 0.15) is 11.6 Å². The summed E-state index contributed by atoms with van der Waals surface area (Å²) < 4.78 is 13.6. The number of halogens is 1. The molecule has 0 saturated heterocycles. The maximum absolute atomic E-state index is 13.6. The molecule has 0 bridgehead atoms. The topological polar surface area (TPSA) is 86.0 Å². The van der Waals surface area contributed by atoms with Gasteiger partial charge in [0.25, 0.3) is 5.91 Å². The Hall–Kier alpha value is -2.94. The first kappa shape index (κ1) is 13.5. The normalized spacial score (nSPS) is 9.85. The molecule has 2 N–H and O–H groups in total. The third-order valence-corrected chi connectivity index (χ3v) is 2.71. The fraction of sp³-hybridized carbons (Fsp3) is 0.0714. The van der Waals surface area contributed by atoms with E-state index >= 15 is 0 Å². The summed E-state index contributed by atoms with van der Waals surface area (Å²) in [6.45, 7) is 1.49. The van der Waals surface area contributed by atoms with Gasteiger partial charge in [0.05, 0.1) is 23.4 Å². The van der Waals surface area contributed by atoms with E-state index in [1.807, 2.05) is 6.07 Å². The Bertz CT molecular complexity index is 723. The number of amides is 1. The van der Waals surface area contributed by atoms with E-state index in [1.165, 1.54) is 31.5 Å². The molecule has 0 spiro atoms. The number of pyridine rings is 1. The first-order valence-corrected chi connectivity index (χ1v) is 5.67. The number of nitrogens with zero attached hydrogens (tertiary/aromatic N) is 2. The predicted molar refractivity (Wildman–Crippen MR) is 69.7 cm³/mol. The van der Waals surface area contributed by atoms with E-state index in [0.717, 1.165) is 6.07 Å². The van der Waals surface area contributed by atoms with Gasteiger partial charge in [-0.2, -0.15) is 5.26 Å². The molecule has 1 aromatic carbocycles. The molecule has 0 aliphatic heterocycles. The summed E-state index contributed by atoms with van der Waals surface area (Å²) in [5.41, 5.74) is 0.671. The zero-order valence-corrected chi connectivity index (χ0v) is 10.5. The van der Waals surface area contributed by atoms with Crippen LogP contribution in [0.5, 0.6) is 5.75 Å². The van der Waals surface area contributed by atoms with Gasteiger partial charge in [0.15, 0.2) is 0 Å². The lowest BCUT2D eigenvalue weighted by molar-refractivity contribution is 0.102. The largest absolute Gasteiger partial charge is 0.506 e. The zero-order chi connectivity index (χ0) is 14.7. The summed E-state index contributed by atoms with van der Waals surface area (Å²) in [5, 5.41) is 20.5. The second-order valence-electron chi connectivity index (χ2n) is 4.13. The van der Waals surface area contributed by atoms with Crippen LogP contribution in [0.15, 0.2) is 30.6 Å². The van der Waals surface area contributed by atoms with Crippen molar-refractivity contribution in [2.75, 3.05) is 5.32 Å². The van der Waals surface area contributed by atoms with Crippen molar-refractivity contribution in [2.24, 2.45) is 0 Å². The van der Waals surface area contributed by atoms with Gasteiger partial charge < -0.3 is 10.4 Å². The van der Waals surface area contributed by atoms with Crippen molar-refractivity contribution in [1.82, 2.24) is 4.98 Å². The minimum absolute atomic E-state index is 0.109. The van der Waals surface area contributed by atoms with Crippen molar-refractivity contribution in [1.29, 1.82) is 5.26 Å². The molecule has 0 unspecified atom stereocenters. The average Bonchev–Trinajstić information content (AvgIpc) is 2.43. The highest BCUT2D eigenvalue weighted by Crippen LogP contribution is 2.21. The number of hydrogen-bond acceptors (Lipinski definition) is 4. The van der Waals surface area contributed by atoms with Crippen LogP contribution < -0.4 is 5.32 Å². The molecular weight excluding hydrogens is 261 g/mol. The number of anilines is 1. The van der Waals surface area contributed by atoms with Crippen molar-refractivity contribution in [3.63, 3.8) is 0 Å². The third kappa shape index (κ3) is 2.72. The number of nitriles is 1. The third-order valence-electron chi connectivity index (χ3n) is 2.71. The molecular formula is C14H10FN3O2. The lowest BCUT2D eigenvalue weighted by Crippen LogP contribution is -2.13. The number of rotatable bonds is 2. The monoisotopic (exact) mass is 271 g/mol. The maximum Gasteiger partial charge on any atom is 0.257 e. The molecule has 20 heavy (non-hydrogen) atoms. The van der Waals surface area contributed by atoms with Crippen LogP contribution in [-0.4, -0.2) is 16.0 Å². The first-order valence-electron chi connectivity index (χ1n) is 5.67. The van der Waals surface area contributed by atoms with Crippen LogP contribution in [0.25, 0.3) is 0 Å². The Kier molecular flexibility index (Phi) is 3.62. The predicted octanol–water partition coefficient (Wildman–Crippen LogP) is 2.36. The van der Waals surface area contributed by atoms with E-state index in [0.29, 0.717) is 0 Å². The first-order chi connectivity index (χ1) is 9.51. The highest BCUT2D eigenvalue weighted by Gasteiger charge is 2.12. The fourth-order valence-electron chi connectivity index (χ4n) is 1.62. The SMILES string of the molecule is Cc1c(F)cc(C#N)cc1NC(=O)c1cncc(O)c1. The molecule has 0 atom stereocenters. The number of aromatic hydroxyl groups is 1. The Labute approximate surface area is 114 Å². The van der Waals surface area contributed by atoms with Crippen LogP contribution in [0, 0.1) is 24.1 Å².